The Morgan fingerprint density at radius 3 is 2.80 bits per heavy atom. The Morgan fingerprint density at radius 2 is 2.27 bits per heavy atom. The van der Waals surface area contributed by atoms with Crippen LogP contribution in [-0.2, 0) is 21.0 Å². The van der Waals surface area contributed by atoms with E-state index in [2.05, 4.69) is 9.28 Å². The van der Waals surface area contributed by atoms with E-state index in [-0.39, 0.29) is 6.73 Å². The van der Waals surface area contributed by atoms with Crippen LogP contribution in [0.25, 0.3) is 6.20 Å². The van der Waals surface area contributed by atoms with Crippen molar-refractivity contribution >= 4 is 16.3 Å². The maximum atomic E-state index is 11.4. The number of aromatic nitrogens is 3. The Morgan fingerprint density at radius 1 is 1.60 bits per heavy atom. The van der Waals surface area contributed by atoms with E-state index in [0.29, 0.717) is 0 Å². The third-order valence-corrected chi connectivity index (χ3v) is 1.99. The van der Waals surface area contributed by atoms with Gasteiger partial charge in [-0.05, 0) is 6.92 Å². The first-order chi connectivity index (χ1) is 6.94. The van der Waals surface area contributed by atoms with Crippen LogP contribution < -0.4 is 5.69 Å². The van der Waals surface area contributed by atoms with Crippen molar-refractivity contribution < 1.29 is 12.6 Å². The number of nitrogens with zero attached hydrogens (tertiary/aromatic N) is 3. The zero-order chi connectivity index (χ0) is 11.5. The van der Waals surface area contributed by atoms with E-state index >= 15 is 0 Å². The SMILES string of the molecule is C/C=C\n1ncn(COS(C)(=O)=O)c1=O. The second kappa shape index (κ2) is 4.41. The molecule has 0 amide bonds. The average molecular weight is 233 g/mol. The number of hydrogen-bond acceptors (Lipinski definition) is 5. The fourth-order valence-electron chi connectivity index (χ4n) is 0.833. The fourth-order valence-corrected chi connectivity index (χ4v) is 1.14. The normalized spacial score (nSPS) is 12.4. The lowest BCUT2D eigenvalue weighted by atomic mass is 10.7. The lowest BCUT2D eigenvalue weighted by Gasteiger charge is -1.99. The van der Waals surface area contributed by atoms with Gasteiger partial charge in [-0.1, -0.05) is 6.08 Å². The maximum Gasteiger partial charge on any atom is 0.351 e. The molecule has 84 valence electrons. The molecule has 0 saturated carbocycles. The maximum absolute atomic E-state index is 11.4. The van der Waals surface area contributed by atoms with Gasteiger partial charge >= 0.3 is 5.69 Å². The Hall–Kier alpha value is -1.41. The lowest BCUT2D eigenvalue weighted by Crippen LogP contribution is -2.23. The molecule has 0 atom stereocenters. The van der Waals surface area contributed by atoms with Crippen LogP contribution in [0.3, 0.4) is 0 Å². The van der Waals surface area contributed by atoms with Crippen molar-refractivity contribution in [2.45, 2.75) is 13.7 Å². The first kappa shape index (κ1) is 11.7. The summed E-state index contributed by atoms with van der Waals surface area (Å²) in [7, 11) is -3.56. The largest absolute Gasteiger partial charge is 0.351 e. The van der Waals surface area contributed by atoms with Gasteiger partial charge in [-0.2, -0.15) is 18.2 Å². The molecular weight excluding hydrogens is 222 g/mol. The summed E-state index contributed by atoms with van der Waals surface area (Å²) in [5, 5.41) is 3.71. The van der Waals surface area contributed by atoms with E-state index in [9.17, 15) is 13.2 Å². The summed E-state index contributed by atoms with van der Waals surface area (Å²) in [5.74, 6) is 0. The molecule has 0 aliphatic carbocycles. The van der Waals surface area contributed by atoms with E-state index in [4.69, 9.17) is 0 Å². The highest BCUT2D eigenvalue weighted by atomic mass is 32.2. The van der Waals surface area contributed by atoms with Crippen molar-refractivity contribution in [1.29, 1.82) is 0 Å². The first-order valence-corrected chi connectivity index (χ1v) is 5.87. The molecule has 0 radical (unpaired) electrons. The van der Waals surface area contributed by atoms with E-state index in [1.54, 1.807) is 13.0 Å². The topological polar surface area (TPSA) is 83.2 Å². The quantitative estimate of drug-likeness (QED) is 0.653. The molecule has 0 unspecified atom stereocenters. The molecule has 1 aromatic rings. The lowest BCUT2D eigenvalue weighted by molar-refractivity contribution is 0.241. The van der Waals surface area contributed by atoms with Crippen LogP contribution in [0, 0.1) is 0 Å². The molecule has 8 heteroatoms. The third-order valence-electron chi connectivity index (χ3n) is 1.45. The van der Waals surface area contributed by atoms with E-state index in [1.165, 1.54) is 12.5 Å². The molecular formula is C7H11N3O4S. The van der Waals surface area contributed by atoms with Crippen molar-refractivity contribution in [1.82, 2.24) is 14.3 Å². The zero-order valence-corrected chi connectivity index (χ0v) is 9.14. The van der Waals surface area contributed by atoms with Gasteiger partial charge in [0, 0.05) is 6.20 Å². The molecule has 1 heterocycles. The van der Waals surface area contributed by atoms with Crippen LogP contribution >= 0.6 is 0 Å². The van der Waals surface area contributed by atoms with Gasteiger partial charge in [-0.15, -0.1) is 0 Å². The average Bonchev–Trinajstić information content (AvgIpc) is 2.45. The molecule has 7 nitrogen and oxygen atoms in total. The van der Waals surface area contributed by atoms with Gasteiger partial charge in [0.1, 0.15) is 13.1 Å². The van der Waals surface area contributed by atoms with Crippen LogP contribution in [0.5, 0.6) is 0 Å². The number of hydrogen-bond donors (Lipinski definition) is 0. The molecule has 0 N–H and O–H groups in total. The smallest absolute Gasteiger partial charge is 0.255 e. The van der Waals surface area contributed by atoms with Crippen molar-refractivity contribution in [3.05, 3.63) is 22.9 Å². The van der Waals surface area contributed by atoms with Crippen molar-refractivity contribution in [3.63, 3.8) is 0 Å². The monoisotopic (exact) mass is 233 g/mol. The summed E-state index contributed by atoms with van der Waals surface area (Å²) < 4.78 is 27.9. The van der Waals surface area contributed by atoms with Crippen LogP contribution in [0.15, 0.2) is 17.2 Å². The highest BCUT2D eigenvalue weighted by molar-refractivity contribution is 7.85. The molecule has 1 aromatic heterocycles. The van der Waals surface area contributed by atoms with Gasteiger partial charge in [-0.25, -0.2) is 8.98 Å². The summed E-state index contributed by atoms with van der Waals surface area (Å²) in [4.78, 5) is 11.4. The minimum Gasteiger partial charge on any atom is -0.255 e. The van der Waals surface area contributed by atoms with Crippen LogP contribution in [0.4, 0.5) is 0 Å². The highest BCUT2D eigenvalue weighted by Gasteiger charge is 2.06. The van der Waals surface area contributed by atoms with Gasteiger partial charge in [0.15, 0.2) is 0 Å². The zero-order valence-electron chi connectivity index (χ0n) is 8.32. The summed E-state index contributed by atoms with van der Waals surface area (Å²) in [5.41, 5.74) is -0.461. The van der Waals surface area contributed by atoms with Crippen LogP contribution in [0.1, 0.15) is 6.92 Å². The summed E-state index contributed by atoms with van der Waals surface area (Å²) in [6, 6.07) is 0. The minimum atomic E-state index is -3.56. The molecule has 0 bridgehead atoms. The first-order valence-electron chi connectivity index (χ1n) is 4.05. The summed E-state index contributed by atoms with van der Waals surface area (Å²) in [6.07, 6.45) is 5.21. The molecule has 0 spiro atoms. The number of rotatable bonds is 4. The van der Waals surface area contributed by atoms with E-state index in [0.717, 1.165) is 15.5 Å². The molecule has 0 aromatic carbocycles. The highest BCUT2D eigenvalue weighted by Crippen LogP contribution is 1.89. The van der Waals surface area contributed by atoms with Gasteiger partial charge < -0.3 is 0 Å². The van der Waals surface area contributed by atoms with Gasteiger partial charge in [0.2, 0.25) is 0 Å². The predicted octanol–water partition coefficient (Wildman–Crippen LogP) is -0.531. The van der Waals surface area contributed by atoms with Crippen LogP contribution in [-0.4, -0.2) is 29.0 Å². The second-order valence-corrected chi connectivity index (χ2v) is 4.41. The predicted molar refractivity (Wildman–Crippen MR) is 53.4 cm³/mol. The van der Waals surface area contributed by atoms with Gasteiger partial charge in [0.25, 0.3) is 10.1 Å². The molecule has 0 saturated heterocycles. The Bertz CT molecular complexity index is 511. The second-order valence-electron chi connectivity index (χ2n) is 2.76. The Labute approximate surface area is 86.7 Å². The van der Waals surface area contributed by atoms with Crippen molar-refractivity contribution in [3.8, 4) is 0 Å². The minimum absolute atomic E-state index is 0.366. The standard InChI is InChI=1S/C7H11N3O4S/c1-3-4-10-7(11)9(5-8-10)6-14-15(2,12)13/h3-5H,6H2,1-2H3/b4-3-. The molecule has 0 aliphatic rings. The van der Waals surface area contributed by atoms with Crippen LogP contribution in [0.2, 0.25) is 0 Å². The molecule has 0 fully saturated rings. The number of allylic oxidation sites excluding steroid dienone is 1. The molecule has 1 rings (SSSR count). The Kier molecular flexibility index (Phi) is 3.43. The van der Waals surface area contributed by atoms with Crippen molar-refractivity contribution in [2.24, 2.45) is 0 Å². The Balaban J connectivity index is 2.85. The van der Waals surface area contributed by atoms with Crippen molar-refractivity contribution in [2.75, 3.05) is 6.26 Å². The van der Waals surface area contributed by atoms with E-state index < -0.39 is 15.8 Å². The van der Waals surface area contributed by atoms with Gasteiger partial charge in [0.05, 0.1) is 6.26 Å². The third kappa shape index (κ3) is 3.33. The molecule has 15 heavy (non-hydrogen) atoms. The summed E-state index contributed by atoms with van der Waals surface area (Å²) in [6.45, 7) is 1.37. The summed E-state index contributed by atoms with van der Waals surface area (Å²) >= 11 is 0. The fraction of sp³-hybridized carbons (Fsp3) is 0.429. The molecule has 0 aliphatic heterocycles. The van der Waals surface area contributed by atoms with E-state index in [1.807, 2.05) is 0 Å². The van der Waals surface area contributed by atoms with Gasteiger partial charge in [-0.3, -0.25) is 4.57 Å².